The molecule has 0 saturated carbocycles. The van der Waals surface area contributed by atoms with Crippen LogP contribution in [0.3, 0.4) is 0 Å². The van der Waals surface area contributed by atoms with Crippen molar-refractivity contribution in [3.8, 4) is 11.1 Å². The van der Waals surface area contributed by atoms with Crippen LogP contribution >= 0.6 is 11.6 Å². The van der Waals surface area contributed by atoms with Crippen LogP contribution in [-0.4, -0.2) is 67.0 Å². The quantitative estimate of drug-likeness (QED) is 0.187. The van der Waals surface area contributed by atoms with Gasteiger partial charge in [-0.2, -0.15) is 0 Å². The molecule has 0 aliphatic carbocycles. The highest BCUT2D eigenvalue weighted by atomic mass is 35.5. The average molecular weight is 622 g/mol. The SMILES string of the molecule is CCc1cccc(-c2c(Cl)cccc2C(O)(CCCNC(=O)OC)[C@@H]2CCCN(C(=O)c3ccc(CNCCO)cc3)C2)c1. The average Bonchev–Trinajstić information content (AvgIpc) is 3.06. The molecule has 236 valence electrons. The number of carbonyl (C=O) groups is 2. The normalized spacial score (nSPS) is 16.3. The summed E-state index contributed by atoms with van der Waals surface area (Å²) in [5, 5.41) is 28.2. The van der Waals surface area contributed by atoms with Crippen molar-refractivity contribution in [2.24, 2.45) is 5.92 Å². The summed E-state index contributed by atoms with van der Waals surface area (Å²) in [5.41, 5.74) is 3.94. The molecule has 3 aromatic carbocycles. The molecule has 2 atom stereocenters. The van der Waals surface area contributed by atoms with Crippen LogP contribution in [-0.2, 0) is 23.3 Å². The van der Waals surface area contributed by atoms with Gasteiger partial charge in [0.2, 0.25) is 0 Å². The number of ether oxygens (including phenoxy) is 1. The van der Waals surface area contributed by atoms with Crippen LogP contribution in [0, 0.1) is 5.92 Å². The molecule has 1 saturated heterocycles. The Labute approximate surface area is 265 Å². The molecule has 4 N–H and O–H groups in total. The highest BCUT2D eigenvalue weighted by molar-refractivity contribution is 6.33. The van der Waals surface area contributed by atoms with E-state index in [1.54, 1.807) is 0 Å². The molecule has 1 aliphatic heterocycles. The second-order valence-electron chi connectivity index (χ2n) is 11.4. The van der Waals surface area contributed by atoms with Crippen LogP contribution < -0.4 is 10.6 Å². The third kappa shape index (κ3) is 8.18. The van der Waals surface area contributed by atoms with E-state index in [1.807, 2.05) is 59.5 Å². The fourth-order valence-corrected chi connectivity index (χ4v) is 6.40. The van der Waals surface area contributed by atoms with Crippen molar-refractivity contribution in [1.82, 2.24) is 15.5 Å². The zero-order valence-corrected chi connectivity index (χ0v) is 26.4. The number of hydrogen-bond donors (Lipinski definition) is 4. The lowest BCUT2D eigenvalue weighted by molar-refractivity contribution is -0.0563. The first-order valence-electron chi connectivity index (χ1n) is 15.4. The van der Waals surface area contributed by atoms with Gasteiger partial charge in [0.25, 0.3) is 5.91 Å². The molecule has 2 amide bonds. The Morgan fingerprint density at radius 3 is 2.57 bits per heavy atom. The molecule has 1 fully saturated rings. The van der Waals surface area contributed by atoms with Crippen LogP contribution in [0.15, 0.2) is 66.7 Å². The molecule has 1 aliphatic rings. The largest absolute Gasteiger partial charge is 0.453 e. The van der Waals surface area contributed by atoms with Crippen molar-refractivity contribution in [2.45, 2.75) is 51.2 Å². The van der Waals surface area contributed by atoms with Crippen LogP contribution in [0.25, 0.3) is 11.1 Å². The molecule has 0 bridgehead atoms. The predicted molar refractivity (Wildman–Crippen MR) is 174 cm³/mol. The van der Waals surface area contributed by atoms with Gasteiger partial charge < -0.3 is 30.5 Å². The molecule has 0 radical (unpaired) electrons. The number of alkyl carbamates (subject to hydrolysis) is 1. The number of methoxy groups -OCH3 is 1. The summed E-state index contributed by atoms with van der Waals surface area (Å²) in [6, 6.07) is 21.4. The highest BCUT2D eigenvalue weighted by Crippen LogP contribution is 2.45. The number of nitrogens with one attached hydrogen (secondary N) is 2. The Morgan fingerprint density at radius 2 is 1.84 bits per heavy atom. The van der Waals surface area contributed by atoms with E-state index < -0.39 is 11.7 Å². The maximum absolute atomic E-state index is 13.7. The highest BCUT2D eigenvalue weighted by Gasteiger charge is 2.43. The Kier molecular flexibility index (Phi) is 12.2. The third-order valence-electron chi connectivity index (χ3n) is 8.50. The number of rotatable bonds is 13. The summed E-state index contributed by atoms with van der Waals surface area (Å²) >= 11 is 6.87. The first-order valence-corrected chi connectivity index (χ1v) is 15.8. The number of benzene rings is 3. The fraction of sp³-hybridized carbons (Fsp3) is 0.429. The number of halogens is 1. The number of piperidine rings is 1. The van der Waals surface area contributed by atoms with Gasteiger partial charge in [0.1, 0.15) is 0 Å². The van der Waals surface area contributed by atoms with Crippen molar-refractivity contribution in [3.63, 3.8) is 0 Å². The second kappa shape index (κ2) is 16.0. The minimum Gasteiger partial charge on any atom is -0.453 e. The van der Waals surface area contributed by atoms with Gasteiger partial charge in [-0.05, 0) is 72.6 Å². The van der Waals surface area contributed by atoms with Crippen molar-refractivity contribution in [2.75, 3.05) is 39.9 Å². The minimum atomic E-state index is -1.32. The lowest BCUT2D eigenvalue weighted by Crippen LogP contribution is -2.48. The topological polar surface area (TPSA) is 111 Å². The van der Waals surface area contributed by atoms with Gasteiger partial charge in [-0.3, -0.25) is 4.79 Å². The van der Waals surface area contributed by atoms with E-state index in [1.165, 1.54) is 12.7 Å². The van der Waals surface area contributed by atoms with Crippen LogP contribution in [0.5, 0.6) is 0 Å². The van der Waals surface area contributed by atoms with E-state index in [-0.39, 0.29) is 18.4 Å². The molecule has 1 unspecified atom stereocenters. The molecule has 0 spiro atoms. The van der Waals surface area contributed by atoms with Gasteiger partial charge in [-0.25, -0.2) is 4.79 Å². The number of amides is 2. The summed E-state index contributed by atoms with van der Waals surface area (Å²) in [6.45, 7) is 4.63. The molecule has 9 heteroatoms. The van der Waals surface area contributed by atoms with Gasteiger partial charge in [0.15, 0.2) is 0 Å². The van der Waals surface area contributed by atoms with E-state index >= 15 is 0 Å². The molecule has 1 heterocycles. The van der Waals surface area contributed by atoms with Crippen molar-refractivity contribution in [3.05, 3.63) is 94.0 Å². The van der Waals surface area contributed by atoms with E-state index in [4.69, 9.17) is 21.4 Å². The standard InChI is InChI=1S/C35H44ClN3O5/c1-3-25-8-4-9-28(22-25)32-30(11-5-12-31(32)36)35(43,17-7-18-38-34(42)44-2)29-10-6-20-39(24-29)33(41)27-15-13-26(14-16-27)23-37-19-21-40/h4-5,8-9,11-16,22,29,37,40,43H,3,6-7,10,17-21,23-24H2,1-2H3,(H,38,42)/t29-,35?/m1/s1. The first kappa shape index (κ1) is 33.5. The Bertz CT molecular complexity index is 1400. The number of aliphatic hydroxyl groups excluding tert-OH is 1. The summed E-state index contributed by atoms with van der Waals surface area (Å²) < 4.78 is 4.72. The van der Waals surface area contributed by atoms with Crippen LogP contribution in [0.2, 0.25) is 5.02 Å². The van der Waals surface area contributed by atoms with E-state index in [9.17, 15) is 14.7 Å². The van der Waals surface area contributed by atoms with Gasteiger partial charge in [-0.15, -0.1) is 0 Å². The monoisotopic (exact) mass is 621 g/mol. The number of aliphatic hydroxyl groups is 2. The van der Waals surface area contributed by atoms with Gasteiger partial charge in [-0.1, -0.05) is 67.1 Å². The van der Waals surface area contributed by atoms with Gasteiger partial charge in [0, 0.05) is 54.8 Å². The third-order valence-corrected chi connectivity index (χ3v) is 8.81. The van der Waals surface area contributed by atoms with Crippen molar-refractivity contribution < 1.29 is 24.5 Å². The van der Waals surface area contributed by atoms with Crippen LogP contribution in [0.1, 0.15) is 59.7 Å². The molecular weight excluding hydrogens is 578 g/mol. The zero-order valence-electron chi connectivity index (χ0n) is 25.7. The number of aryl methyl sites for hydroxylation is 1. The lowest BCUT2D eigenvalue weighted by Gasteiger charge is -2.44. The number of carbonyl (C=O) groups excluding carboxylic acids is 2. The molecule has 44 heavy (non-hydrogen) atoms. The summed E-state index contributed by atoms with van der Waals surface area (Å²) in [7, 11) is 1.32. The molecule has 3 aromatic rings. The smallest absolute Gasteiger partial charge is 0.406 e. The number of hydrogen-bond acceptors (Lipinski definition) is 6. The van der Waals surface area contributed by atoms with E-state index in [2.05, 4.69) is 29.7 Å². The van der Waals surface area contributed by atoms with Gasteiger partial charge in [0.05, 0.1) is 19.3 Å². The number of nitrogens with zero attached hydrogens (tertiary/aromatic N) is 1. The lowest BCUT2D eigenvalue weighted by atomic mass is 9.72. The Hall–Kier alpha value is -3.43. The molecular formula is C35H44ClN3O5. The minimum absolute atomic E-state index is 0.0683. The molecule has 4 rings (SSSR count). The summed E-state index contributed by atoms with van der Waals surface area (Å²) in [4.78, 5) is 27.2. The van der Waals surface area contributed by atoms with Crippen molar-refractivity contribution in [1.29, 1.82) is 0 Å². The van der Waals surface area contributed by atoms with Crippen LogP contribution in [0.4, 0.5) is 4.79 Å². The first-order chi connectivity index (χ1) is 21.3. The zero-order chi connectivity index (χ0) is 31.5. The predicted octanol–water partition coefficient (Wildman–Crippen LogP) is 5.53. The Balaban J connectivity index is 1.64. The molecule has 0 aromatic heterocycles. The second-order valence-corrected chi connectivity index (χ2v) is 11.8. The van der Waals surface area contributed by atoms with Gasteiger partial charge >= 0.3 is 6.09 Å². The Morgan fingerprint density at radius 1 is 1.07 bits per heavy atom. The summed E-state index contributed by atoms with van der Waals surface area (Å²) in [5.74, 6) is -0.326. The molecule has 8 nitrogen and oxygen atoms in total. The van der Waals surface area contributed by atoms with E-state index in [0.29, 0.717) is 56.2 Å². The van der Waals surface area contributed by atoms with Crippen molar-refractivity contribution >= 4 is 23.6 Å². The van der Waals surface area contributed by atoms with E-state index in [0.717, 1.165) is 41.5 Å². The fourth-order valence-electron chi connectivity index (χ4n) is 6.12. The maximum Gasteiger partial charge on any atom is 0.406 e. The summed E-state index contributed by atoms with van der Waals surface area (Å²) in [6.07, 6.45) is 2.71. The maximum atomic E-state index is 13.7. The number of likely N-dealkylation sites (tertiary alicyclic amines) is 1.